The minimum absolute atomic E-state index is 0.00742. The Morgan fingerprint density at radius 1 is 1.17 bits per heavy atom. The highest BCUT2D eigenvalue weighted by Gasteiger charge is 2.17. The van der Waals surface area contributed by atoms with E-state index >= 15 is 0 Å². The van der Waals surface area contributed by atoms with Crippen molar-refractivity contribution in [2.24, 2.45) is 22.6 Å². The molecule has 0 aliphatic carbocycles. The van der Waals surface area contributed by atoms with Crippen molar-refractivity contribution in [1.82, 2.24) is 0 Å². The molecule has 190 valence electrons. The molecule has 2 aromatic carbocycles. The molecular formula is C26H35N3O6. The number of methoxy groups -OCH3 is 1. The molecule has 0 saturated heterocycles. The Hall–Kier alpha value is -3.72. The van der Waals surface area contributed by atoms with E-state index in [1.807, 2.05) is 6.08 Å². The topological polar surface area (TPSA) is 147 Å². The van der Waals surface area contributed by atoms with Crippen LogP contribution in [0, 0.1) is 11.8 Å². The number of ether oxygens (including phenoxy) is 2. The second-order valence-corrected chi connectivity index (χ2v) is 8.44. The van der Waals surface area contributed by atoms with Crippen LogP contribution in [0.3, 0.4) is 0 Å². The Balaban J connectivity index is 2.14. The van der Waals surface area contributed by atoms with Crippen molar-refractivity contribution in [1.29, 1.82) is 0 Å². The quantitative estimate of drug-likeness (QED) is 0.101. The maximum Gasteiger partial charge on any atom is 0.192 e. The van der Waals surface area contributed by atoms with E-state index in [4.69, 9.17) is 15.2 Å². The van der Waals surface area contributed by atoms with Gasteiger partial charge in [-0.15, -0.1) is 0 Å². The van der Waals surface area contributed by atoms with Crippen LogP contribution in [0.5, 0.6) is 23.0 Å². The first-order chi connectivity index (χ1) is 16.7. The molecule has 0 amide bonds. The molecule has 9 nitrogen and oxygen atoms in total. The number of aliphatic imine (C=N–C) groups is 1. The molecule has 0 bridgehead atoms. The lowest BCUT2D eigenvalue weighted by Crippen LogP contribution is -2.22. The van der Waals surface area contributed by atoms with E-state index in [2.05, 4.69) is 24.2 Å². The number of guanidine groups is 1. The van der Waals surface area contributed by atoms with Crippen LogP contribution in [0.2, 0.25) is 0 Å². The number of phenolic OH excluding ortho intramolecular Hbond substituents is 2. The van der Waals surface area contributed by atoms with Gasteiger partial charge in [-0.2, -0.15) is 0 Å². The number of aromatic hydroxyl groups is 2. The van der Waals surface area contributed by atoms with Gasteiger partial charge in [-0.3, -0.25) is 9.79 Å². The monoisotopic (exact) mass is 485 g/mol. The predicted molar refractivity (Wildman–Crippen MR) is 136 cm³/mol. The van der Waals surface area contributed by atoms with Gasteiger partial charge in [0.2, 0.25) is 0 Å². The lowest BCUT2D eigenvalue weighted by atomic mass is 9.88. The molecule has 9 heteroatoms. The van der Waals surface area contributed by atoms with Crippen LogP contribution in [-0.2, 0) is 17.6 Å². The summed E-state index contributed by atoms with van der Waals surface area (Å²) in [5, 5.41) is 32.1. The van der Waals surface area contributed by atoms with Gasteiger partial charge in [-0.1, -0.05) is 26.0 Å². The zero-order chi connectivity index (χ0) is 26.0. The average Bonchev–Trinajstić information content (AvgIpc) is 2.83. The molecule has 1 atom stereocenters. The molecule has 0 aliphatic rings. The third-order valence-electron chi connectivity index (χ3n) is 5.62. The fourth-order valence-corrected chi connectivity index (χ4v) is 3.51. The van der Waals surface area contributed by atoms with Crippen LogP contribution in [0.15, 0.2) is 47.5 Å². The number of carbonyl (C=O) groups excluding carboxylic acids is 1. The van der Waals surface area contributed by atoms with Crippen molar-refractivity contribution in [3.8, 4) is 23.0 Å². The molecular weight excluding hydrogens is 450 g/mol. The first kappa shape index (κ1) is 27.5. The fourth-order valence-electron chi connectivity index (χ4n) is 3.51. The first-order valence-electron chi connectivity index (χ1n) is 11.3. The van der Waals surface area contributed by atoms with Crippen molar-refractivity contribution in [3.05, 3.63) is 53.6 Å². The van der Waals surface area contributed by atoms with Crippen LogP contribution >= 0.6 is 0 Å². The number of aliphatic hydroxyl groups is 1. The van der Waals surface area contributed by atoms with E-state index in [0.29, 0.717) is 30.7 Å². The van der Waals surface area contributed by atoms with Gasteiger partial charge in [-0.25, -0.2) is 0 Å². The van der Waals surface area contributed by atoms with Gasteiger partial charge >= 0.3 is 0 Å². The summed E-state index contributed by atoms with van der Waals surface area (Å²) in [6, 6.07) is 8.44. The molecule has 0 heterocycles. The molecule has 0 radical (unpaired) electrons. The highest BCUT2D eigenvalue weighted by Crippen LogP contribution is 2.37. The Bertz CT molecular complexity index is 1070. The minimum atomic E-state index is -0.595. The Labute approximate surface area is 205 Å². The predicted octanol–water partition coefficient (Wildman–Crippen LogP) is 3.36. The van der Waals surface area contributed by atoms with Crippen LogP contribution in [0.4, 0.5) is 5.69 Å². The van der Waals surface area contributed by atoms with Gasteiger partial charge in [-0.05, 0) is 66.1 Å². The number of aryl methyl sites for hydroxylation is 1. The second kappa shape index (κ2) is 13.2. The summed E-state index contributed by atoms with van der Waals surface area (Å²) in [5.41, 5.74) is 7.77. The zero-order valence-electron chi connectivity index (χ0n) is 20.6. The van der Waals surface area contributed by atoms with E-state index in [1.54, 1.807) is 36.4 Å². The van der Waals surface area contributed by atoms with Gasteiger partial charge < -0.3 is 35.8 Å². The number of carbonyl (C=O) groups is 1. The molecule has 2 rings (SSSR count). The molecule has 1 unspecified atom stereocenters. The molecule has 6 N–H and O–H groups in total. The van der Waals surface area contributed by atoms with Gasteiger partial charge in [0.05, 0.1) is 12.8 Å². The van der Waals surface area contributed by atoms with Crippen LogP contribution in [0.1, 0.15) is 31.4 Å². The molecule has 35 heavy (non-hydrogen) atoms. The van der Waals surface area contributed by atoms with Crippen molar-refractivity contribution in [2.45, 2.75) is 33.1 Å². The third-order valence-corrected chi connectivity index (χ3v) is 5.62. The standard InChI is InChI=1S/C26H35N3O6/c1-16(2)19(7-9-20(31)8-5-17-6-10-22(32)23(13-17)34-4)11-18-12-21(29-26(27)28-3)25(33)24(14-18)35-15-30/h6-7,9-10,12-14,16,19,30,32-33H,5,8,11,15H2,1-4H3,(H3,27,28,29). The first-order valence-corrected chi connectivity index (χ1v) is 11.3. The summed E-state index contributed by atoms with van der Waals surface area (Å²) >= 11 is 0. The third kappa shape index (κ3) is 8.22. The molecule has 0 saturated carbocycles. The molecule has 0 spiro atoms. The minimum Gasteiger partial charge on any atom is -0.504 e. The van der Waals surface area contributed by atoms with Gasteiger partial charge in [0.25, 0.3) is 0 Å². The summed E-state index contributed by atoms with van der Waals surface area (Å²) in [4.78, 5) is 16.4. The average molecular weight is 486 g/mol. The SMILES string of the molecule is CN=C(N)Nc1cc(CC(C=CC(=O)CCc2ccc(O)c(OC)c2)C(C)C)cc(OCO)c1O. The molecule has 2 aromatic rings. The van der Waals surface area contributed by atoms with Crippen molar-refractivity contribution in [3.63, 3.8) is 0 Å². The number of hydrogen-bond acceptors (Lipinski definition) is 7. The molecule has 0 aliphatic heterocycles. The van der Waals surface area contributed by atoms with E-state index in [-0.39, 0.29) is 40.8 Å². The summed E-state index contributed by atoms with van der Waals surface area (Å²) in [6.07, 6.45) is 4.93. The fraction of sp³-hybridized carbons (Fsp3) is 0.385. The number of nitrogens with two attached hydrogens (primary N) is 1. The number of anilines is 1. The Kier molecular flexibility index (Phi) is 10.4. The Morgan fingerprint density at radius 3 is 2.51 bits per heavy atom. The number of ketones is 1. The van der Waals surface area contributed by atoms with Crippen LogP contribution < -0.4 is 20.5 Å². The smallest absolute Gasteiger partial charge is 0.192 e. The van der Waals surface area contributed by atoms with Crippen molar-refractivity contribution < 1.29 is 29.6 Å². The summed E-state index contributed by atoms with van der Waals surface area (Å²) < 4.78 is 10.3. The highest BCUT2D eigenvalue weighted by molar-refractivity contribution is 5.94. The van der Waals surface area contributed by atoms with Crippen molar-refractivity contribution >= 4 is 17.4 Å². The summed E-state index contributed by atoms with van der Waals surface area (Å²) in [5.74, 6) is 0.739. The number of aliphatic hydroxyl groups excluding tert-OH is 1. The maximum atomic E-state index is 12.5. The number of nitrogens with one attached hydrogen (secondary N) is 1. The maximum absolute atomic E-state index is 12.5. The summed E-state index contributed by atoms with van der Waals surface area (Å²) in [6.45, 7) is 3.53. The normalized spacial score (nSPS) is 12.7. The number of phenols is 2. The molecule has 0 aromatic heterocycles. The molecule has 0 fully saturated rings. The van der Waals surface area contributed by atoms with Crippen LogP contribution in [-0.4, -0.2) is 48.0 Å². The number of nitrogens with zero attached hydrogens (tertiary/aromatic N) is 1. The van der Waals surface area contributed by atoms with Gasteiger partial charge in [0, 0.05) is 13.5 Å². The van der Waals surface area contributed by atoms with Crippen molar-refractivity contribution in [2.75, 3.05) is 26.3 Å². The second-order valence-electron chi connectivity index (χ2n) is 8.44. The van der Waals surface area contributed by atoms with E-state index in [1.165, 1.54) is 14.2 Å². The lowest BCUT2D eigenvalue weighted by molar-refractivity contribution is -0.114. The largest absolute Gasteiger partial charge is 0.504 e. The lowest BCUT2D eigenvalue weighted by Gasteiger charge is -2.19. The highest BCUT2D eigenvalue weighted by atomic mass is 16.6. The Morgan fingerprint density at radius 2 is 1.89 bits per heavy atom. The van der Waals surface area contributed by atoms with E-state index in [0.717, 1.165) is 11.1 Å². The number of rotatable bonds is 12. The number of allylic oxidation sites excluding steroid dienone is 2. The van der Waals surface area contributed by atoms with Gasteiger partial charge in [0.15, 0.2) is 41.5 Å². The number of hydrogen-bond donors (Lipinski definition) is 5. The summed E-state index contributed by atoms with van der Waals surface area (Å²) in [7, 11) is 3.00. The van der Waals surface area contributed by atoms with Crippen LogP contribution in [0.25, 0.3) is 0 Å². The zero-order valence-corrected chi connectivity index (χ0v) is 20.6. The van der Waals surface area contributed by atoms with Gasteiger partial charge in [0.1, 0.15) is 0 Å². The number of benzene rings is 2. The van der Waals surface area contributed by atoms with E-state index in [9.17, 15) is 20.1 Å². The van der Waals surface area contributed by atoms with E-state index < -0.39 is 6.79 Å².